The third-order valence-electron chi connectivity index (χ3n) is 2.27. The first-order valence-corrected chi connectivity index (χ1v) is 5.58. The Morgan fingerprint density at radius 3 is 3.31 bits per heavy atom. The summed E-state index contributed by atoms with van der Waals surface area (Å²) >= 11 is 1.95. The van der Waals surface area contributed by atoms with Gasteiger partial charge in [-0.1, -0.05) is 0 Å². The standard InChI is InChI=1S/C9H11N3S/c10-6-8-3-4-11-12(8)9-2-1-5-13-7-9/h3-4,9H,1-2,5,7H2. The smallest absolute Gasteiger partial charge is 0.138 e. The van der Waals surface area contributed by atoms with E-state index >= 15 is 0 Å². The summed E-state index contributed by atoms with van der Waals surface area (Å²) in [7, 11) is 0. The SMILES string of the molecule is N#Cc1ccnn1C1CCCSC1. The Morgan fingerprint density at radius 2 is 2.62 bits per heavy atom. The highest BCUT2D eigenvalue weighted by Gasteiger charge is 2.18. The largest absolute Gasteiger partial charge is 0.251 e. The van der Waals surface area contributed by atoms with Gasteiger partial charge in [-0.25, -0.2) is 0 Å². The van der Waals surface area contributed by atoms with E-state index in [0.29, 0.717) is 11.7 Å². The molecule has 0 N–H and O–H groups in total. The highest BCUT2D eigenvalue weighted by molar-refractivity contribution is 7.99. The van der Waals surface area contributed by atoms with Crippen LogP contribution in [0.15, 0.2) is 12.3 Å². The van der Waals surface area contributed by atoms with Gasteiger partial charge in [-0.05, 0) is 24.7 Å². The number of hydrogen-bond donors (Lipinski definition) is 0. The maximum atomic E-state index is 8.82. The summed E-state index contributed by atoms with van der Waals surface area (Å²) in [5, 5.41) is 13.0. The molecule has 0 bridgehead atoms. The lowest BCUT2D eigenvalue weighted by molar-refractivity contribution is 0.451. The van der Waals surface area contributed by atoms with Crippen LogP contribution in [0.25, 0.3) is 0 Å². The fourth-order valence-corrected chi connectivity index (χ4v) is 2.73. The van der Waals surface area contributed by atoms with E-state index in [2.05, 4.69) is 11.2 Å². The normalized spacial score (nSPS) is 22.5. The number of aromatic nitrogens is 2. The average molecular weight is 193 g/mol. The van der Waals surface area contributed by atoms with Crippen LogP contribution < -0.4 is 0 Å². The van der Waals surface area contributed by atoms with Gasteiger partial charge in [0, 0.05) is 5.75 Å². The highest BCUT2D eigenvalue weighted by Crippen LogP contribution is 2.26. The van der Waals surface area contributed by atoms with E-state index in [0.717, 1.165) is 12.2 Å². The molecule has 0 amide bonds. The van der Waals surface area contributed by atoms with E-state index in [4.69, 9.17) is 5.26 Å². The maximum Gasteiger partial charge on any atom is 0.138 e. The predicted octanol–water partition coefficient (Wildman–Crippen LogP) is 1.82. The van der Waals surface area contributed by atoms with Crippen molar-refractivity contribution in [2.24, 2.45) is 0 Å². The molecule has 1 aromatic heterocycles. The molecule has 13 heavy (non-hydrogen) atoms. The van der Waals surface area contributed by atoms with Crippen molar-refractivity contribution < 1.29 is 0 Å². The van der Waals surface area contributed by atoms with Gasteiger partial charge in [0.15, 0.2) is 0 Å². The molecule has 1 aromatic rings. The third-order valence-corrected chi connectivity index (χ3v) is 3.46. The van der Waals surface area contributed by atoms with Gasteiger partial charge in [-0.3, -0.25) is 4.68 Å². The van der Waals surface area contributed by atoms with Crippen molar-refractivity contribution in [3.05, 3.63) is 18.0 Å². The molecule has 1 saturated heterocycles. The second kappa shape index (κ2) is 3.84. The Balaban J connectivity index is 2.19. The fourth-order valence-electron chi connectivity index (χ4n) is 1.61. The van der Waals surface area contributed by atoms with Crippen LogP contribution in [0.5, 0.6) is 0 Å². The lowest BCUT2D eigenvalue weighted by Crippen LogP contribution is -2.18. The van der Waals surface area contributed by atoms with Crippen molar-refractivity contribution >= 4 is 11.8 Å². The van der Waals surface area contributed by atoms with E-state index in [9.17, 15) is 0 Å². The Labute approximate surface area is 81.7 Å². The van der Waals surface area contributed by atoms with Gasteiger partial charge in [-0.15, -0.1) is 0 Å². The van der Waals surface area contributed by atoms with Gasteiger partial charge >= 0.3 is 0 Å². The Morgan fingerprint density at radius 1 is 1.69 bits per heavy atom. The minimum absolute atomic E-state index is 0.434. The van der Waals surface area contributed by atoms with E-state index in [1.807, 2.05) is 16.4 Å². The molecule has 0 saturated carbocycles. The summed E-state index contributed by atoms with van der Waals surface area (Å²) in [4.78, 5) is 0. The van der Waals surface area contributed by atoms with E-state index in [-0.39, 0.29) is 0 Å². The summed E-state index contributed by atoms with van der Waals surface area (Å²) in [5.74, 6) is 2.34. The fraction of sp³-hybridized carbons (Fsp3) is 0.556. The van der Waals surface area contributed by atoms with Crippen LogP contribution in [0.4, 0.5) is 0 Å². The lowest BCUT2D eigenvalue weighted by atomic mass is 10.2. The average Bonchev–Trinajstić information content (AvgIpc) is 2.67. The molecule has 1 fully saturated rings. The van der Waals surface area contributed by atoms with Crippen LogP contribution in [0.2, 0.25) is 0 Å². The molecule has 0 aliphatic carbocycles. The van der Waals surface area contributed by atoms with Crippen molar-refractivity contribution in [2.75, 3.05) is 11.5 Å². The van der Waals surface area contributed by atoms with Gasteiger partial charge in [0.25, 0.3) is 0 Å². The molecule has 1 aliphatic heterocycles. The van der Waals surface area contributed by atoms with Crippen LogP contribution in [0.1, 0.15) is 24.6 Å². The summed E-state index contributed by atoms with van der Waals surface area (Å²) in [6.45, 7) is 0. The molecule has 0 spiro atoms. The van der Waals surface area contributed by atoms with Gasteiger partial charge in [0.2, 0.25) is 0 Å². The van der Waals surface area contributed by atoms with Gasteiger partial charge in [0.05, 0.1) is 12.2 Å². The first-order valence-electron chi connectivity index (χ1n) is 4.43. The topological polar surface area (TPSA) is 41.6 Å². The first-order chi connectivity index (χ1) is 6.42. The molecule has 0 radical (unpaired) electrons. The zero-order valence-corrected chi connectivity index (χ0v) is 8.13. The monoisotopic (exact) mass is 193 g/mol. The molecule has 4 heteroatoms. The Kier molecular flexibility index (Phi) is 2.55. The molecular formula is C9H11N3S. The molecular weight excluding hydrogens is 182 g/mol. The van der Waals surface area contributed by atoms with Gasteiger partial charge in [-0.2, -0.15) is 22.1 Å². The molecule has 2 rings (SSSR count). The van der Waals surface area contributed by atoms with Crippen LogP contribution in [-0.4, -0.2) is 21.3 Å². The minimum Gasteiger partial charge on any atom is -0.251 e. The molecule has 1 aliphatic rings. The molecule has 0 aromatic carbocycles. The van der Waals surface area contributed by atoms with Crippen molar-refractivity contribution in [1.29, 1.82) is 5.26 Å². The predicted molar refractivity (Wildman–Crippen MR) is 52.5 cm³/mol. The van der Waals surface area contributed by atoms with Crippen molar-refractivity contribution in [3.63, 3.8) is 0 Å². The molecule has 2 heterocycles. The summed E-state index contributed by atoms with van der Waals surface area (Å²) in [5.41, 5.74) is 0.688. The van der Waals surface area contributed by atoms with Gasteiger partial charge < -0.3 is 0 Å². The maximum absolute atomic E-state index is 8.82. The number of nitrogens with zero attached hydrogens (tertiary/aromatic N) is 3. The second-order valence-corrected chi connectivity index (χ2v) is 4.29. The highest BCUT2D eigenvalue weighted by atomic mass is 32.2. The van der Waals surface area contributed by atoms with E-state index in [1.165, 1.54) is 12.2 Å². The summed E-state index contributed by atoms with van der Waals surface area (Å²) < 4.78 is 1.87. The molecule has 1 unspecified atom stereocenters. The Hall–Kier alpha value is -0.950. The van der Waals surface area contributed by atoms with Crippen molar-refractivity contribution in [2.45, 2.75) is 18.9 Å². The zero-order valence-electron chi connectivity index (χ0n) is 7.31. The van der Waals surface area contributed by atoms with Crippen LogP contribution in [0.3, 0.4) is 0 Å². The second-order valence-electron chi connectivity index (χ2n) is 3.14. The quantitative estimate of drug-likeness (QED) is 0.683. The number of nitriles is 1. The van der Waals surface area contributed by atoms with Crippen LogP contribution >= 0.6 is 11.8 Å². The minimum atomic E-state index is 0.434. The van der Waals surface area contributed by atoms with E-state index < -0.39 is 0 Å². The third kappa shape index (κ3) is 1.70. The van der Waals surface area contributed by atoms with Crippen molar-refractivity contribution in [1.82, 2.24) is 9.78 Å². The summed E-state index contributed by atoms with van der Waals surface area (Å²) in [6.07, 6.45) is 4.10. The lowest BCUT2D eigenvalue weighted by Gasteiger charge is -2.22. The Bertz CT molecular complexity index is 320. The van der Waals surface area contributed by atoms with Gasteiger partial charge in [0.1, 0.15) is 11.8 Å². The first kappa shape index (κ1) is 8.64. The zero-order chi connectivity index (χ0) is 9.10. The molecule has 3 nitrogen and oxygen atoms in total. The van der Waals surface area contributed by atoms with Crippen LogP contribution in [-0.2, 0) is 0 Å². The van der Waals surface area contributed by atoms with Crippen LogP contribution in [0, 0.1) is 11.3 Å². The van der Waals surface area contributed by atoms with Crippen molar-refractivity contribution in [3.8, 4) is 6.07 Å². The number of thioether (sulfide) groups is 1. The van der Waals surface area contributed by atoms with E-state index in [1.54, 1.807) is 12.3 Å². The number of rotatable bonds is 1. The summed E-state index contributed by atoms with van der Waals surface area (Å²) in [6, 6.07) is 4.37. The molecule has 1 atom stereocenters. The number of hydrogen-bond acceptors (Lipinski definition) is 3. The molecule has 68 valence electrons.